The smallest absolute Gasteiger partial charge is 0.323 e. The molecule has 0 saturated carbocycles. The Hall–Kier alpha value is -2.35. The van der Waals surface area contributed by atoms with Crippen LogP contribution < -0.4 is 14.8 Å². The van der Waals surface area contributed by atoms with Gasteiger partial charge < -0.3 is 14.4 Å². The molecule has 22 heavy (non-hydrogen) atoms. The maximum absolute atomic E-state index is 12.2. The normalized spacial score (nSPS) is 12.8. The zero-order valence-corrected chi connectivity index (χ0v) is 12.9. The Labute approximate surface area is 131 Å². The lowest BCUT2D eigenvalue weighted by Crippen LogP contribution is -2.34. The van der Waals surface area contributed by atoms with E-state index in [0.717, 1.165) is 17.1 Å². The summed E-state index contributed by atoms with van der Waals surface area (Å²) in [5, 5.41) is 10.7. The van der Waals surface area contributed by atoms with Crippen LogP contribution in [-0.4, -0.2) is 40.9 Å². The van der Waals surface area contributed by atoms with Gasteiger partial charge in [-0.3, -0.25) is 5.32 Å². The average molecular weight is 320 g/mol. The molecule has 0 spiro atoms. The average Bonchev–Trinajstić information content (AvgIpc) is 3.05. The predicted molar refractivity (Wildman–Crippen MR) is 82.4 cm³/mol. The topological polar surface area (TPSA) is 76.6 Å². The van der Waals surface area contributed by atoms with Crippen LogP contribution in [0.25, 0.3) is 0 Å². The van der Waals surface area contributed by atoms with Crippen LogP contribution in [0.1, 0.15) is 12.5 Å². The number of hydrogen-bond donors (Lipinski definition) is 1. The first kappa shape index (κ1) is 14.6. The van der Waals surface area contributed by atoms with E-state index in [1.54, 1.807) is 10.4 Å². The summed E-state index contributed by atoms with van der Waals surface area (Å²) < 4.78 is 11.1. The van der Waals surface area contributed by atoms with Gasteiger partial charge in [-0.2, -0.15) is 0 Å². The van der Waals surface area contributed by atoms with Crippen molar-refractivity contribution in [1.82, 2.24) is 15.1 Å². The van der Waals surface area contributed by atoms with Crippen LogP contribution in [0.4, 0.5) is 9.93 Å². The molecule has 0 radical (unpaired) electrons. The van der Waals surface area contributed by atoms with Crippen molar-refractivity contribution < 1.29 is 14.3 Å². The molecule has 1 aliphatic rings. The number of ether oxygens (including phenoxy) is 2. The highest BCUT2D eigenvalue weighted by molar-refractivity contribution is 7.13. The van der Waals surface area contributed by atoms with Crippen LogP contribution >= 0.6 is 11.3 Å². The molecule has 1 N–H and O–H groups in total. The van der Waals surface area contributed by atoms with E-state index in [1.807, 2.05) is 25.1 Å². The third kappa shape index (κ3) is 3.28. The summed E-state index contributed by atoms with van der Waals surface area (Å²) in [6, 6.07) is 5.53. The highest BCUT2D eigenvalue weighted by Crippen LogP contribution is 2.31. The lowest BCUT2D eigenvalue weighted by molar-refractivity contribution is 0.171. The zero-order chi connectivity index (χ0) is 15.4. The highest BCUT2D eigenvalue weighted by atomic mass is 32.1. The maximum Gasteiger partial charge on any atom is 0.323 e. The molecule has 2 aromatic rings. The summed E-state index contributed by atoms with van der Waals surface area (Å²) in [6.07, 6.45) is 0. The quantitative estimate of drug-likeness (QED) is 0.936. The number of anilines is 1. The fourth-order valence-corrected chi connectivity index (χ4v) is 2.57. The number of carbonyl (C=O) groups is 1. The van der Waals surface area contributed by atoms with E-state index in [4.69, 9.17) is 9.47 Å². The monoisotopic (exact) mass is 320 g/mol. The van der Waals surface area contributed by atoms with Crippen LogP contribution in [0.3, 0.4) is 0 Å². The molecule has 1 aliphatic heterocycles. The van der Waals surface area contributed by atoms with E-state index in [9.17, 15) is 4.79 Å². The van der Waals surface area contributed by atoms with Crippen LogP contribution in [0.5, 0.6) is 11.5 Å². The molecule has 7 nitrogen and oxygen atoms in total. The van der Waals surface area contributed by atoms with Gasteiger partial charge in [0.25, 0.3) is 0 Å². The van der Waals surface area contributed by atoms with Crippen molar-refractivity contribution in [2.24, 2.45) is 0 Å². The number of benzene rings is 1. The first-order chi connectivity index (χ1) is 10.8. The van der Waals surface area contributed by atoms with Crippen LogP contribution in [0, 0.1) is 0 Å². The standard InChI is InChI=1S/C14H16N4O3S/c1-2-18(14(19)16-13-17-15-9-22-13)8-10-3-4-11-12(7-10)21-6-5-20-11/h3-4,7,9H,2,5-6,8H2,1H3,(H,16,17,19). The van der Waals surface area contributed by atoms with Gasteiger partial charge in [-0.15, -0.1) is 10.2 Å². The molecule has 0 bridgehead atoms. The van der Waals surface area contributed by atoms with Gasteiger partial charge in [-0.1, -0.05) is 17.4 Å². The number of hydrogen-bond acceptors (Lipinski definition) is 6. The summed E-state index contributed by atoms with van der Waals surface area (Å²) in [5.74, 6) is 1.47. The van der Waals surface area contributed by atoms with E-state index >= 15 is 0 Å². The molecule has 0 saturated heterocycles. The number of fused-ring (bicyclic) bond motifs is 1. The molecule has 0 fully saturated rings. The lowest BCUT2D eigenvalue weighted by atomic mass is 10.2. The number of nitrogens with zero attached hydrogens (tertiary/aromatic N) is 3. The van der Waals surface area contributed by atoms with Gasteiger partial charge in [0, 0.05) is 13.1 Å². The minimum Gasteiger partial charge on any atom is -0.486 e. The van der Waals surface area contributed by atoms with Gasteiger partial charge in [-0.25, -0.2) is 4.79 Å². The fraction of sp³-hybridized carbons (Fsp3) is 0.357. The van der Waals surface area contributed by atoms with E-state index in [2.05, 4.69) is 15.5 Å². The Bertz CT molecular complexity index is 648. The van der Waals surface area contributed by atoms with E-state index < -0.39 is 0 Å². The highest BCUT2D eigenvalue weighted by Gasteiger charge is 2.16. The third-order valence-electron chi connectivity index (χ3n) is 3.22. The predicted octanol–water partition coefficient (Wildman–Crippen LogP) is 2.36. The molecular formula is C14H16N4O3S. The molecule has 1 aromatic carbocycles. The second kappa shape index (κ2) is 6.61. The summed E-state index contributed by atoms with van der Waals surface area (Å²) >= 11 is 1.29. The van der Waals surface area contributed by atoms with Crippen LogP contribution in [0.15, 0.2) is 23.7 Å². The molecule has 1 aromatic heterocycles. The van der Waals surface area contributed by atoms with E-state index in [-0.39, 0.29) is 6.03 Å². The Kier molecular flexibility index (Phi) is 4.38. The van der Waals surface area contributed by atoms with Crippen LogP contribution in [-0.2, 0) is 6.54 Å². The summed E-state index contributed by atoms with van der Waals surface area (Å²) in [5.41, 5.74) is 2.56. The van der Waals surface area contributed by atoms with Gasteiger partial charge >= 0.3 is 6.03 Å². The number of urea groups is 1. The lowest BCUT2D eigenvalue weighted by Gasteiger charge is -2.23. The van der Waals surface area contributed by atoms with Crippen molar-refractivity contribution in [2.45, 2.75) is 13.5 Å². The fourth-order valence-electron chi connectivity index (χ4n) is 2.13. The summed E-state index contributed by atoms with van der Waals surface area (Å²) in [7, 11) is 0. The number of nitrogens with one attached hydrogen (secondary N) is 1. The Morgan fingerprint density at radius 3 is 2.91 bits per heavy atom. The third-order valence-corrected chi connectivity index (χ3v) is 3.83. The largest absolute Gasteiger partial charge is 0.486 e. The molecule has 3 rings (SSSR count). The van der Waals surface area contributed by atoms with E-state index in [0.29, 0.717) is 31.4 Å². The molecule has 0 aliphatic carbocycles. The molecule has 116 valence electrons. The zero-order valence-electron chi connectivity index (χ0n) is 12.1. The first-order valence-corrected chi connectivity index (χ1v) is 7.85. The first-order valence-electron chi connectivity index (χ1n) is 6.97. The Balaban J connectivity index is 1.68. The van der Waals surface area contributed by atoms with Crippen molar-refractivity contribution in [3.63, 3.8) is 0 Å². The van der Waals surface area contributed by atoms with Crippen molar-refractivity contribution in [3.8, 4) is 11.5 Å². The number of amides is 2. The molecule has 0 atom stereocenters. The summed E-state index contributed by atoms with van der Waals surface area (Å²) in [4.78, 5) is 13.9. The Morgan fingerprint density at radius 1 is 1.36 bits per heavy atom. The molecule has 2 amide bonds. The molecule has 0 unspecified atom stereocenters. The van der Waals surface area contributed by atoms with E-state index in [1.165, 1.54) is 11.3 Å². The van der Waals surface area contributed by atoms with Crippen molar-refractivity contribution in [3.05, 3.63) is 29.3 Å². The summed E-state index contributed by atoms with van der Waals surface area (Å²) in [6.45, 7) is 4.11. The SMILES string of the molecule is CCN(Cc1ccc2c(c1)OCCO2)C(=O)Nc1nncs1. The second-order valence-corrected chi connectivity index (χ2v) is 5.50. The van der Waals surface area contributed by atoms with Crippen molar-refractivity contribution in [1.29, 1.82) is 0 Å². The minimum atomic E-state index is -0.200. The molecule has 2 heterocycles. The van der Waals surface area contributed by atoms with Gasteiger partial charge in [0.05, 0.1) is 0 Å². The number of rotatable bonds is 4. The molecular weight excluding hydrogens is 304 g/mol. The second-order valence-electron chi connectivity index (χ2n) is 4.67. The maximum atomic E-state index is 12.2. The van der Waals surface area contributed by atoms with Gasteiger partial charge in [-0.05, 0) is 24.6 Å². The van der Waals surface area contributed by atoms with Gasteiger partial charge in [0.15, 0.2) is 11.5 Å². The van der Waals surface area contributed by atoms with Gasteiger partial charge in [0.1, 0.15) is 18.7 Å². The minimum absolute atomic E-state index is 0.200. The molecule has 8 heteroatoms. The van der Waals surface area contributed by atoms with Crippen molar-refractivity contribution in [2.75, 3.05) is 25.1 Å². The number of carbonyl (C=O) groups excluding carboxylic acids is 1. The van der Waals surface area contributed by atoms with Gasteiger partial charge in [0.2, 0.25) is 5.13 Å². The van der Waals surface area contributed by atoms with Crippen molar-refractivity contribution >= 4 is 22.5 Å². The number of aromatic nitrogens is 2. The Morgan fingerprint density at radius 2 is 2.18 bits per heavy atom. The van der Waals surface area contributed by atoms with Crippen LogP contribution in [0.2, 0.25) is 0 Å².